The normalized spacial score (nSPS) is 17.8. The van der Waals surface area contributed by atoms with Crippen molar-refractivity contribution in [3.05, 3.63) is 167 Å². The number of carbonyl (C=O) groups excluding carboxylic acids is 3. The Balaban J connectivity index is 1.21. The van der Waals surface area contributed by atoms with Crippen LogP contribution in [0.5, 0.6) is 0 Å². The second-order valence-electron chi connectivity index (χ2n) is 14.4. The lowest BCUT2D eigenvalue weighted by Gasteiger charge is -2.38. The number of carboxylic acid groups (broad SMARTS) is 1. The molecule has 280 valence electrons. The number of alkyl carbamates (subject to hydrolysis) is 1. The largest absolute Gasteiger partial charge is 0.480 e. The molecule has 10 heteroatoms. The van der Waals surface area contributed by atoms with Gasteiger partial charge in [-0.05, 0) is 59.7 Å². The molecule has 1 saturated heterocycles. The highest BCUT2D eigenvalue weighted by molar-refractivity contribution is 5.94. The van der Waals surface area contributed by atoms with E-state index in [0.717, 1.165) is 43.8 Å². The number of amides is 3. The van der Waals surface area contributed by atoms with Crippen LogP contribution in [0.25, 0.3) is 11.1 Å². The molecule has 0 spiro atoms. The number of nitrogens with one attached hydrogen (secondary N) is 2. The highest BCUT2D eigenvalue weighted by Gasteiger charge is 2.53. The molecule has 10 nitrogen and oxygen atoms in total. The Morgan fingerprint density at radius 1 is 0.745 bits per heavy atom. The van der Waals surface area contributed by atoms with Crippen molar-refractivity contribution in [3.8, 4) is 11.1 Å². The van der Waals surface area contributed by atoms with Gasteiger partial charge < -0.3 is 25.2 Å². The number of hydrogen-bond donors (Lipinski definition) is 3. The average molecular weight is 738 g/mol. The van der Waals surface area contributed by atoms with Crippen LogP contribution < -0.4 is 10.6 Å². The second kappa shape index (κ2) is 15.2. The van der Waals surface area contributed by atoms with Crippen molar-refractivity contribution in [1.29, 1.82) is 0 Å². The number of carbonyl (C=O) groups is 4. The summed E-state index contributed by atoms with van der Waals surface area (Å²) in [6.07, 6.45) is -2.32. The van der Waals surface area contributed by atoms with E-state index in [9.17, 15) is 24.3 Å². The van der Waals surface area contributed by atoms with Crippen molar-refractivity contribution in [2.24, 2.45) is 0 Å². The van der Waals surface area contributed by atoms with Crippen molar-refractivity contribution in [2.75, 3.05) is 6.61 Å². The lowest BCUT2D eigenvalue weighted by atomic mass is 9.77. The van der Waals surface area contributed by atoms with Crippen molar-refractivity contribution >= 4 is 23.9 Å². The summed E-state index contributed by atoms with van der Waals surface area (Å²) in [6, 6.07) is 41.4. The van der Waals surface area contributed by atoms with Crippen LogP contribution in [-0.4, -0.2) is 64.4 Å². The fourth-order valence-electron chi connectivity index (χ4n) is 8.21. The second-order valence-corrected chi connectivity index (χ2v) is 14.4. The summed E-state index contributed by atoms with van der Waals surface area (Å²) in [4.78, 5) is 56.5. The Kier molecular flexibility index (Phi) is 10.3. The third kappa shape index (κ3) is 7.08. The minimum absolute atomic E-state index is 0.0286. The van der Waals surface area contributed by atoms with Crippen molar-refractivity contribution in [1.82, 2.24) is 15.5 Å². The van der Waals surface area contributed by atoms with E-state index in [2.05, 4.69) is 10.6 Å². The van der Waals surface area contributed by atoms with E-state index in [4.69, 9.17) is 9.47 Å². The molecule has 0 saturated carbocycles. The van der Waals surface area contributed by atoms with Crippen molar-refractivity contribution in [2.45, 2.75) is 62.6 Å². The van der Waals surface area contributed by atoms with Gasteiger partial charge in [0.15, 0.2) is 6.04 Å². The molecule has 55 heavy (non-hydrogen) atoms. The first-order valence-corrected chi connectivity index (χ1v) is 18.3. The SMILES string of the molecule is CC1OC(C)(C)N(C(=O)C(CC(=O)NC(c2ccccc2)(c2ccccc2)c2ccccc2)NC(=O)OCC2c3ccccc3-c3ccccc32)C1C(=O)O. The molecule has 1 fully saturated rings. The number of carboxylic acids is 1. The minimum Gasteiger partial charge on any atom is -0.480 e. The van der Waals surface area contributed by atoms with Gasteiger partial charge in [0.25, 0.3) is 0 Å². The van der Waals surface area contributed by atoms with Gasteiger partial charge in [-0.15, -0.1) is 0 Å². The molecule has 1 aliphatic heterocycles. The maximum atomic E-state index is 14.6. The molecule has 5 aromatic rings. The zero-order valence-corrected chi connectivity index (χ0v) is 30.8. The van der Waals surface area contributed by atoms with E-state index in [-0.39, 0.29) is 12.5 Å². The Bertz CT molecular complexity index is 2050. The fourth-order valence-corrected chi connectivity index (χ4v) is 8.21. The van der Waals surface area contributed by atoms with E-state index >= 15 is 0 Å². The molecule has 2 aliphatic rings. The summed E-state index contributed by atoms with van der Waals surface area (Å²) in [5, 5.41) is 16.1. The van der Waals surface area contributed by atoms with Gasteiger partial charge in [-0.2, -0.15) is 0 Å². The molecule has 0 radical (unpaired) electrons. The van der Waals surface area contributed by atoms with E-state index in [1.54, 1.807) is 20.8 Å². The lowest BCUT2D eigenvalue weighted by molar-refractivity contribution is -0.157. The van der Waals surface area contributed by atoms with Crippen molar-refractivity contribution in [3.63, 3.8) is 0 Å². The Labute approximate surface area is 320 Å². The third-order valence-corrected chi connectivity index (χ3v) is 10.5. The summed E-state index contributed by atoms with van der Waals surface area (Å²) in [6.45, 7) is 4.71. The molecular formula is C45H43N3O7. The standard InChI is InChI=1S/C45H43N3O7/c1-29-40(42(51)52)48(44(2,3)55-29)41(50)38(46-43(53)54-28-37-35-25-15-13-23-33(35)34-24-14-16-26-36(34)37)27-39(49)47-45(30-17-7-4-8-18-30,31-19-9-5-10-20-31)32-21-11-6-12-22-32/h4-26,29,37-38,40H,27-28H2,1-3H3,(H,46,53)(H,47,49)(H,51,52). The van der Waals surface area contributed by atoms with Crippen LogP contribution in [0.3, 0.4) is 0 Å². The minimum atomic E-state index is -1.52. The van der Waals surface area contributed by atoms with E-state index in [1.165, 1.54) is 0 Å². The van der Waals surface area contributed by atoms with Gasteiger partial charge in [0, 0.05) is 5.92 Å². The Hall–Kier alpha value is -6.26. The highest BCUT2D eigenvalue weighted by atomic mass is 16.6. The van der Waals surface area contributed by atoms with Crippen LogP contribution in [0.2, 0.25) is 0 Å². The Morgan fingerprint density at radius 2 is 1.20 bits per heavy atom. The third-order valence-electron chi connectivity index (χ3n) is 10.5. The summed E-state index contributed by atoms with van der Waals surface area (Å²) in [7, 11) is 0. The lowest BCUT2D eigenvalue weighted by Crippen LogP contribution is -2.59. The van der Waals surface area contributed by atoms with Crippen LogP contribution in [0.4, 0.5) is 4.79 Å². The molecule has 3 unspecified atom stereocenters. The first-order valence-electron chi connectivity index (χ1n) is 18.3. The molecule has 1 heterocycles. The molecular weight excluding hydrogens is 695 g/mol. The van der Waals surface area contributed by atoms with Crippen LogP contribution in [0.1, 0.15) is 60.9 Å². The van der Waals surface area contributed by atoms with Gasteiger partial charge in [0.05, 0.1) is 12.5 Å². The molecule has 1 aliphatic carbocycles. The smallest absolute Gasteiger partial charge is 0.407 e. The number of nitrogens with zero attached hydrogens (tertiary/aromatic N) is 1. The van der Waals surface area contributed by atoms with Gasteiger partial charge in [0.1, 0.15) is 23.9 Å². The quantitative estimate of drug-likeness (QED) is 0.127. The topological polar surface area (TPSA) is 134 Å². The zero-order chi connectivity index (χ0) is 38.7. The van der Waals surface area contributed by atoms with Gasteiger partial charge in [-0.1, -0.05) is 140 Å². The van der Waals surface area contributed by atoms with Gasteiger partial charge in [-0.25, -0.2) is 9.59 Å². The predicted octanol–water partition coefficient (Wildman–Crippen LogP) is 6.83. The maximum Gasteiger partial charge on any atom is 0.407 e. The van der Waals surface area contributed by atoms with Gasteiger partial charge >= 0.3 is 12.1 Å². The van der Waals surface area contributed by atoms with Gasteiger partial charge in [-0.3, -0.25) is 14.5 Å². The first kappa shape index (κ1) is 37.1. The number of fused-ring (bicyclic) bond motifs is 3. The monoisotopic (exact) mass is 737 g/mol. The molecule has 5 aromatic carbocycles. The Morgan fingerprint density at radius 3 is 1.67 bits per heavy atom. The average Bonchev–Trinajstić information content (AvgIpc) is 3.65. The summed E-state index contributed by atoms with van der Waals surface area (Å²) in [5.41, 5.74) is 3.87. The highest BCUT2D eigenvalue weighted by Crippen LogP contribution is 2.44. The molecule has 3 atom stereocenters. The van der Waals surface area contributed by atoms with Crippen molar-refractivity contribution < 1.29 is 33.8 Å². The number of ether oxygens (including phenoxy) is 2. The fraction of sp³-hybridized carbons (Fsp3) is 0.244. The van der Waals surface area contributed by atoms with Crippen LogP contribution >= 0.6 is 0 Å². The maximum absolute atomic E-state index is 14.6. The zero-order valence-electron chi connectivity index (χ0n) is 30.8. The van der Waals surface area contributed by atoms with Crippen LogP contribution in [0, 0.1) is 0 Å². The summed E-state index contributed by atoms with van der Waals surface area (Å²) >= 11 is 0. The molecule has 3 amide bonds. The van der Waals surface area contributed by atoms with E-state index in [0.29, 0.717) is 0 Å². The summed E-state index contributed by atoms with van der Waals surface area (Å²) < 4.78 is 11.8. The first-order chi connectivity index (χ1) is 26.5. The van der Waals surface area contributed by atoms with E-state index in [1.807, 2.05) is 140 Å². The predicted molar refractivity (Wildman–Crippen MR) is 207 cm³/mol. The molecule has 3 N–H and O–H groups in total. The molecule has 7 rings (SSSR count). The van der Waals surface area contributed by atoms with E-state index < -0.39 is 59.7 Å². The summed E-state index contributed by atoms with van der Waals surface area (Å²) in [5.74, 6) is -2.89. The van der Waals surface area contributed by atoms with Crippen LogP contribution in [-0.2, 0) is 29.4 Å². The number of benzene rings is 5. The van der Waals surface area contributed by atoms with Crippen LogP contribution in [0.15, 0.2) is 140 Å². The molecule has 0 aromatic heterocycles. The number of rotatable bonds is 11. The number of hydrogen-bond acceptors (Lipinski definition) is 6. The number of aliphatic carboxylic acids is 1. The molecule has 0 bridgehead atoms. The van der Waals surface area contributed by atoms with Gasteiger partial charge in [0.2, 0.25) is 11.8 Å².